The predicted molar refractivity (Wildman–Crippen MR) is 110 cm³/mol. The lowest BCUT2D eigenvalue weighted by atomic mass is 9.82. The molecule has 2 aliphatic rings. The molecule has 0 saturated carbocycles. The number of nitrogens with one attached hydrogen (secondary N) is 2. The van der Waals surface area contributed by atoms with Crippen molar-refractivity contribution in [1.82, 2.24) is 15.5 Å². The molecule has 0 aromatic heterocycles. The van der Waals surface area contributed by atoms with Crippen molar-refractivity contribution in [3.8, 4) is 0 Å². The molecule has 2 aliphatic heterocycles. The minimum absolute atomic E-state index is 0. The van der Waals surface area contributed by atoms with Crippen molar-refractivity contribution >= 4 is 24.2 Å². The van der Waals surface area contributed by atoms with E-state index < -0.39 is 5.41 Å². The van der Waals surface area contributed by atoms with Crippen LogP contribution in [0.15, 0.2) is 24.3 Å². The maximum Gasteiger partial charge on any atom is 0.237 e. The second kappa shape index (κ2) is 9.70. The molecule has 1 aromatic carbocycles. The first kappa shape index (κ1) is 22.6. The minimum Gasteiger partial charge on any atom is -0.354 e. The van der Waals surface area contributed by atoms with E-state index in [4.69, 9.17) is 0 Å². The standard InChI is InChI=1S/C21H30FN3O2.ClH/c1-21(2,16-8-3-4-9-17(16)22)20(27)25-12-6-7-15(14-25)13-24-19(26)18-10-5-11-23-18;/h3-4,8-9,15,18,23H,5-7,10-14H2,1-2H3,(H,24,26);1H. The van der Waals surface area contributed by atoms with Gasteiger partial charge in [0.2, 0.25) is 11.8 Å². The van der Waals surface area contributed by atoms with Crippen LogP contribution in [0.4, 0.5) is 4.39 Å². The quantitative estimate of drug-likeness (QED) is 0.783. The van der Waals surface area contributed by atoms with Gasteiger partial charge in [0.05, 0.1) is 11.5 Å². The molecule has 0 spiro atoms. The van der Waals surface area contributed by atoms with E-state index in [1.807, 2.05) is 4.90 Å². The third kappa shape index (κ3) is 5.03. The summed E-state index contributed by atoms with van der Waals surface area (Å²) in [5, 5.41) is 6.24. The molecule has 5 nitrogen and oxygen atoms in total. The number of likely N-dealkylation sites (tertiary alicyclic amines) is 1. The highest BCUT2D eigenvalue weighted by Gasteiger charge is 2.37. The number of piperidine rings is 1. The van der Waals surface area contributed by atoms with E-state index in [-0.39, 0.29) is 42.0 Å². The number of nitrogens with zero attached hydrogens (tertiary/aromatic N) is 1. The second-order valence-electron chi connectivity index (χ2n) is 8.26. The molecule has 0 aliphatic carbocycles. The van der Waals surface area contributed by atoms with Gasteiger partial charge in [-0.2, -0.15) is 0 Å². The molecule has 2 fully saturated rings. The first-order chi connectivity index (χ1) is 12.9. The molecule has 2 amide bonds. The zero-order valence-electron chi connectivity index (χ0n) is 16.7. The summed E-state index contributed by atoms with van der Waals surface area (Å²) in [6.45, 7) is 6.34. The van der Waals surface area contributed by atoms with Crippen molar-refractivity contribution in [3.63, 3.8) is 0 Å². The third-order valence-corrected chi connectivity index (χ3v) is 5.83. The maximum atomic E-state index is 14.2. The fraction of sp³-hybridized carbons (Fsp3) is 0.619. The van der Waals surface area contributed by atoms with Gasteiger partial charge >= 0.3 is 0 Å². The number of halogens is 2. The summed E-state index contributed by atoms with van der Waals surface area (Å²) >= 11 is 0. The first-order valence-electron chi connectivity index (χ1n) is 9.95. The Labute approximate surface area is 172 Å². The highest BCUT2D eigenvalue weighted by atomic mass is 35.5. The van der Waals surface area contributed by atoms with Crippen LogP contribution in [0.3, 0.4) is 0 Å². The second-order valence-corrected chi connectivity index (χ2v) is 8.26. The highest BCUT2D eigenvalue weighted by Crippen LogP contribution is 2.30. The van der Waals surface area contributed by atoms with Gasteiger partial charge in [0.25, 0.3) is 0 Å². The van der Waals surface area contributed by atoms with Gasteiger partial charge in [0.1, 0.15) is 5.82 Å². The van der Waals surface area contributed by atoms with Crippen molar-refractivity contribution in [2.75, 3.05) is 26.2 Å². The molecule has 3 rings (SSSR count). The molecule has 28 heavy (non-hydrogen) atoms. The summed E-state index contributed by atoms with van der Waals surface area (Å²) in [6, 6.07) is 6.41. The van der Waals surface area contributed by atoms with E-state index in [0.29, 0.717) is 25.2 Å². The number of amides is 2. The Kier molecular flexibility index (Phi) is 7.84. The van der Waals surface area contributed by atoms with Gasteiger partial charge in [-0.05, 0) is 58.1 Å². The number of hydrogen-bond acceptors (Lipinski definition) is 3. The van der Waals surface area contributed by atoms with Gasteiger partial charge in [-0.3, -0.25) is 9.59 Å². The van der Waals surface area contributed by atoms with Gasteiger partial charge in [-0.1, -0.05) is 18.2 Å². The first-order valence-corrected chi connectivity index (χ1v) is 9.95. The molecule has 1 aromatic rings. The topological polar surface area (TPSA) is 61.4 Å². The lowest BCUT2D eigenvalue weighted by Crippen LogP contribution is -2.50. The largest absolute Gasteiger partial charge is 0.354 e. The lowest BCUT2D eigenvalue weighted by Gasteiger charge is -2.38. The fourth-order valence-corrected chi connectivity index (χ4v) is 4.17. The molecular weight excluding hydrogens is 381 g/mol. The van der Waals surface area contributed by atoms with Gasteiger partial charge in [-0.25, -0.2) is 4.39 Å². The normalized spacial score (nSPS) is 22.5. The summed E-state index contributed by atoms with van der Waals surface area (Å²) < 4.78 is 14.2. The van der Waals surface area contributed by atoms with Crippen LogP contribution in [-0.4, -0.2) is 48.9 Å². The fourth-order valence-electron chi connectivity index (χ4n) is 4.17. The number of benzene rings is 1. The predicted octanol–water partition coefficient (Wildman–Crippen LogP) is 2.63. The zero-order chi connectivity index (χ0) is 19.4. The molecule has 0 radical (unpaired) electrons. The SMILES string of the molecule is CC(C)(C(=O)N1CCCC(CNC(=O)C2CCCN2)C1)c1ccccc1F.Cl. The third-order valence-electron chi connectivity index (χ3n) is 5.83. The van der Waals surface area contributed by atoms with E-state index in [1.165, 1.54) is 6.07 Å². The van der Waals surface area contributed by atoms with Crippen LogP contribution in [0.5, 0.6) is 0 Å². The van der Waals surface area contributed by atoms with Gasteiger partial charge in [0.15, 0.2) is 0 Å². The van der Waals surface area contributed by atoms with Crippen molar-refractivity contribution in [3.05, 3.63) is 35.6 Å². The Morgan fingerprint density at radius 1 is 1.25 bits per heavy atom. The van der Waals surface area contributed by atoms with E-state index in [2.05, 4.69) is 10.6 Å². The Morgan fingerprint density at radius 2 is 2.00 bits per heavy atom. The molecular formula is C21H31ClFN3O2. The van der Waals surface area contributed by atoms with E-state index in [0.717, 1.165) is 32.2 Å². The summed E-state index contributed by atoms with van der Waals surface area (Å²) in [5.41, 5.74) is -0.484. The Bertz CT molecular complexity index is 692. The average molecular weight is 412 g/mol. The van der Waals surface area contributed by atoms with Crippen LogP contribution in [0, 0.1) is 11.7 Å². The number of rotatable bonds is 5. The van der Waals surface area contributed by atoms with Crippen molar-refractivity contribution < 1.29 is 14.0 Å². The highest BCUT2D eigenvalue weighted by molar-refractivity contribution is 5.87. The summed E-state index contributed by atoms with van der Waals surface area (Å²) in [7, 11) is 0. The van der Waals surface area contributed by atoms with Gasteiger partial charge in [-0.15, -0.1) is 12.4 Å². The lowest BCUT2D eigenvalue weighted by molar-refractivity contribution is -0.138. The smallest absolute Gasteiger partial charge is 0.237 e. The van der Waals surface area contributed by atoms with Crippen LogP contribution >= 0.6 is 12.4 Å². The minimum atomic E-state index is -0.912. The molecule has 2 saturated heterocycles. The van der Waals surface area contributed by atoms with Crippen LogP contribution < -0.4 is 10.6 Å². The van der Waals surface area contributed by atoms with Gasteiger partial charge in [0, 0.05) is 25.2 Å². The Hall–Kier alpha value is -1.66. The van der Waals surface area contributed by atoms with Crippen molar-refractivity contribution in [2.24, 2.45) is 5.92 Å². The maximum absolute atomic E-state index is 14.2. The molecule has 0 bridgehead atoms. The molecule has 2 atom stereocenters. The van der Waals surface area contributed by atoms with Crippen molar-refractivity contribution in [1.29, 1.82) is 0 Å². The van der Waals surface area contributed by atoms with E-state index in [1.54, 1.807) is 32.0 Å². The van der Waals surface area contributed by atoms with Gasteiger partial charge < -0.3 is 15.5 Å². The van der Waals surface area contributed by atoms with Crippen LogP contribution in [0.1, 0.15) is 45.1 Å². The number of carbonyl (C=O) groups excluding carboxylic acids is 2. The van der Waals surface area contributed by atoms with Crippen LogP contribution in [0.2, 0.25) is 0 Å². The monoisotopic (exact) mass is 411 g/mol. The van der Waals surface area contributed by atoms with E-state index >= 15 is 0 Å². The zero-order valence-corrected chi connectivity index (χ0v) is 17.5. The van der Waals surface area contributed by atoms with Crippen molar-refractivity contribution in [2.45, 2.75) is 51.0 Å². The Balaban J connectivity index is 0.00000280. The summed E-state index contributed by atoms with van der Waals surface area (Å²) in [4.78, 5) is 27.2. The molecule has 2 N–H and O–H groups in total. The Morgan fingerprint density at radius 3 is 2.68 bits per heavy atom. The molecule has 2 unspecified atom stereocenters. The number of hydrogen-bond donors (Lipinski definition) is 2. The summed E-state index contributed by atoms with van der Waals surface area (Å²) in [6.07, 6.45) is 3.82. The molecule has 156 valence electrons. The number of carbonyl (C=O) groups is 2. The van der Waals surface area contributed by atoms with Crippen LogP contribution in [-0.2, 0) is 15.0 Å². The average Bonchev–Trinajstić information content (AvgIpc) is 3.21. The van der Waals surface area contributed by atoms with Crippen LogP contribution in [0.25, 0.3) is 0 Å². The molecule has 2 heterocycles. The molecule has 7 heteroatoms. The van der Waals surface area contributed by atoms with E-state index in [9.17, 15) is 14.0 Å². The summed E-state index contributed by atoms with van der Waals surface area (Å²) in [5.74, 6) is -0.103.